The fourth-order valence-corrected chi connectivity index (χ4v) is 8.00. The van der Waals surface area contributed by atoms with Crippen LogP contribution in [-0.2, 0) is 20.9 Å². The Morgan fingerprint density at radius 3 is 2.27 bits per heavy atom. The lowest BCUT2D eigenvalue weighted by molar-refractivity contribution is -1.08. The average Bonchev–Trinajstić information content (AvgIpc) is 3.41. The van der Waals surface area contributed by atoms with Crippen molar-refractivity contribution in [1.29, 1.82) is 0 Å². The number of carboxylic acids is 1. The molecule has 2 aromatic carbocycles. The van der Waals surface area contributed by atoms with Gasteiger partial charge in [-0.05, 0) is 53.8 Å². The number of aliphatic hydroxyl groups is 1. The molecule has 41 heavy (non-hydrogen) atoms. The molecule has 2 aromatic rings. The Kier molecular flexibility index (Phi) is 5.67. The van der Waals surface area contributed by atoms with E-state index in [-0.39, 0.29) is 24.4 Å². The van der Waals surface area contributed by atoms with Crippen LogP contribution in [0, 0.1) is 5.92 Å². The van der Waals surface area contributed by atoms with Gasteiger partial charge in [0.05, 0.1) is 29.7 Å². The molecule has 4 fully saturated rings. The van der Waals surface area contributed by atoms with E-state index in [4.69, 9.17) is 0 Å². The van der Waals surface area contributed by atoms with E-state index in [0.29, 0.717) is 26.7 Å². The fourth-order valence-electron chi connectivity index (χ4n) is 8.00. The zero-order valence-corrected chi connectivity index (χ0v) is 22.8. The maximum absolute atomic E-state index is 13.4. The van der Waals surface area contributed by atoms with Gasteiger partial charge in [0.1, 0.15) is 45.8 Å². The summed E-state index contributed by atoms with van der Waals surface area (Å²) in [6.07, 6.45) is -0.619. The van der Waals surface area contributed by atoms with E-state index in [1.54, 1.807) is 12.1 Å². The van der Waals surface area contributed by atoms with Gasteiger partial charge in [0, 0.05) is 16.7 Å². The molecule has 0 radical (unpaired) electrons. The lowest BCUT2D eigenvalue weighted by atomic mass is 9.82. The molecule has 0 spiro atoms. The largest absolute Gasteiger partial charge is 0.543 e. The van der Waals surface area contributed by atoms with E-state index < -0.39 is 36.0 Å². The van der Waals surface area contributed by atoms with E-state index in [1.807, 2.05) is 18.2 Å². The van der Waals surface area contributed by atoms with Crippen molar-refractivity contribution < 1.29 is 42.7 Å². The SMILES string of the molecule is C[C@@H](O)[C@H]1C(=O)N2C(C(=O)[O-])=C(c3ccc4c(c3)C(=O)c3ccc(C[N+]56CC[N+](CC(=O)F)(CC5)CC6)cc3-4)C[C@H]12. The number of ketones is 1. The van der Waals surface area contributed by atoms with Gasteiger partial charge in [0.25, 0.3) is 0 Å². The molecule has 3 atom stereocenters. The first-order valence-corrected chi connectivity index (χ1v) is 14.2. The number of carbonyl (C=O) groups is 4. The molecule has 2 bridgehead atoms. The van der Waals surface area contributed by atoms with Crippen LogP contribution in [0.3, 0.4) is 0 Å². The number of carbonyl (C=O) groups excluding carboxylic acids is 4. The van der Waals surface area contributed by atoms with E-state index in [2.05, 4.69) is 6.07 Å². The van der Waals surface area contributed by atoms with Gasteiger partial charge >= 0.3 is 6.04 Å². The minimum atomic E-state index is -1.45. The summed E-state index contributed by atoms with van der Waals surface area (Å²) in [7, 11) is 0. The third-order valence-corrected chi connectivity index (χ3v) is 10.3. The number of carboxylic acid groups (broad SMARTS) is 1. The van der Waals surface area contributed by atoms with E-state index in [0.717, 1.165) is 67.0 Å². The highest BCUT2D eigenvalue weighted by molar-refractivity contribution is 6.22. The Labute approximate surface area is 236 Å². The highest BCUT2D eigenvalue weighted by Crippen LogP contribution is 2.48. The number of hydrogen-bond donors (Lipinski definition) is 1. The van der Waals surface area contributed by atoms with Gasteiger partial charge in [-0.2, -0.15) is 4.39 Å². The van der Waals surface area contributed by atoms with Gasteiger partial charge in [0.15, 0.2) is 12.3 Å². The molecule has 4 saturated heterocycles. The fraction of sp³-hybridized carbons (Fsp3) is 0.419. The second-order valence-corrected chi connectivity index (χ2v) is 12.5. The van der Waals surface area contributed by atoms with Gasteiger partial charge in [-0.3, -0.25) is 14.4 Å². The molecule has 9 nitrogen and oxygen atoms in total. The molecular formula is C31H31FN3O6+. The minimum Gasteiger partial charge on any atom is -0.543 e. The Bertz CT molecular complexity index is 1570. The Morgan fingerprint density at radius 2 is 1.63 bits per heavy atom. The molecule has 8 rings (SSSR count). The van der Waals surface area contributed by atoms with Crippen LogP contribution in [0.4, 0.5) is 4.39 Å². The molecule has 0 aromatic heterocycles. The molecule has 1 aliphatic carbocycles. The molecule has 0 unspecified atom stereocenters. The van der Waals surface area contributed by atoms with E-state index in [1.165, 1.54) is 11.8 Å². The summed E-state index contributed by atoms with van der Waals surface area (Å²) in [6.45, 7) is 7.31. The highest BCUT2D eigenvalue weighted by atomic mass is 19.1. The normalized spacial score (nSPS) is 30.2. The monoisotopic (exact) mass is 560 g/mol. The second-order valence-electron chi connectivity index (χ2n) is 12.5. The molecule has 5 heterocycles. The summed E-state index contributed by atoms with van der Waals surface area (Å²) >= 11 is 0. The van der Waals surface area contributed by atoms with E-state index >= 15 is 0 Å². The standard InChI is InChI=1S/C31H31FN3O6/c1-17(36)27-25-14-22(28(31(40)41)33(25)30(27)39)19-3-5-20-23-12-18(2-4-21(23)29(38)24(20)13-19)15-34-6-9-35(10-7-34,11-8-34)16-26(32)37/h2-5,12-13,17,25,27,36H,6-11,14-16H2,1H3/q+1/t17-,25-,27-,34?,35?/m1/s1. The summed E-state index contributed by atoms with van der Waals surface area (Å²) in [6, 6.07) is 9.60. The van der Waals surface area contributed by atoms with E-state index in [9.17, 15) is 33.8 Å². The first-order valence-electron chi connectivity index (χ1n) is 14.2. The molecule has 1 N–H and O–H groups in total. The van der Waals surface area contributed by atoms with Gasteiger partial charge in [-0.1, -0.05) is 18.2 Å². The summed E-state index contributed by atoms with van der Waals surface area (Å²) in [4.78, 5) is 50.5. The van der Waals surface area contributed by atoms with Crippen molar-refractivity contribution in [3.63, 3.8) is 0 Å². The van der Waals surface area contributed by atoms with Crippen LogP contribution in [0.15, 0.2) is 42.1 Å². The van der Waals surface area contributed by atoms with Crippen molar-refractivity contribution in [2.75, 3.05) is 45.8 Å². The number of nitrogens with zero attached hydrogens (tertiary/aromatic N) is 3. The average molecular weight is 561 g/mol. The first kappa shape index (κ1) is 26.2. The maximum Gasteiger partial charge on any atom is 0.355 e. The zero-order valence-electron chi connectivity index (χ0n) is 22.8. The number of amides is 1. The lowest BCUT2D eigenvalue weighted by Crippen LogP contribution is -2.75. The maximum atomic E-state index is 13.4. The number of hydrogen-bond acceptors (Lipinski definition) is 6. The topological polar surface area (TPSA) is 115 Å². The predicted octanol–water partition coefficient (Wildman–Crippen LogP) is 0.627. The number of fused-ring (bicyclic) bond motifs is 7. The Balaban J connectivity index is 1.16. The summed E-state index contributed by atoms with van der Waals surface area (Å²) in [5.41, 5.74) is 4.66. The summed E-state index contributed by atoms with van der Waals surface area (Å²) < 4.78 is 14.6. The number of piperazine rings is 3. The van der Waals surface area contributed by atoms with Crippen LogP contribution in [0.2, 0.25) is 0 Å². The molecular weight excluding hydrogens is 529 g/mol. The predicted molar refractivity (Wildman–Crippen MR) is 142 cm³/mol. The van der Waals surface area contributed by atoms with Crippen LogP contribution >= 0.6 is 0 Å². The smallest absolute Gasteiger partial charge is 0.355 e. The quantitative estimate of drug-likeness (QED) is 0.258. The summed E-state index contributed by atoms with van der Waals surface area (Å²) in [5.74, 6) is -2.66. The van der Waals surface area contributed by atoms with Crippen molar-refractivity contribution in [2.24, 2.45) is 5.92 Å². The Morgan fingerprint density at radius 1 is 0.976 bits per heavy atom. The van der Waals surface area contributed by atoms with Crippen molar-refractivity contribution in [3.05, 3.63) is 64.3 Å². The number of aliphatic hydroxyl groups excluding tert-OH is 1. The Hall–Kier alpha value is -3.73. The van der Waals surface area contributed by atoms with Gasteiger partial charge in [0.2, 0.25) is 5.91 Å². The third kappa shape index (κ3) is 3.84. The first-order chi connectivity index (χ1) is 19.5. The number of quaternary nitrogens is 2. The number of β-lactam (4-membered cyclic amide) rings is 1. The van der Waals surface area contributed by atoms with Crippen LogP contribution in [0.1, 0.15) is 40.4 Å². The number of halogens is 1. The number of benzene rings is 2. The molecule has 0 saturated carbocycles. The van der Waals surface area contributed by atoms with Gasteiger partial charge < -0.3 is 28.9 Å². The number of aliphatic carboxylic acids is 1. The molecule has 5 aliphatic heterocycles. The second kappa shape index (κ2) is 8.88. The van der Waals surface area contributed by atoms with Crippen LogP contribution in [-0.4, -0.2) is 101 Å². The molecule has 6 aliphatic rings. The van der Waals surface area contributed by atoms with Crippen LogP contribution in [0.5, 0.6) is 0 Å². The van der Waals surface area contributed by atoms with Crippen molar-refractivity contribution >= 4 is 29.3 Å². The third-order valence-electron chi connectivity index (χ3n) is 10.3. The van der Waals surface area contributed by atoms with Gasteiger partial charge in [-0.15, -0.1) is 0 Å². The van der Waals surface area contributed by atoms with Crippen LogP contribution in [0.25, 0.3) is 16.7 Å². The lowest BCUT2D eigenvalue weighted by Gasteiger charge is -2.55. The zero-order chi connectivity index (χ0) is 28.8. The molecule has 212 valence electrons. The number of rotatable bonds is 7. The molecule has 10 heteroatoms. The highest BCUT2D eigenvalue weighted by Gasteiger charge is 2.55. The van der Waals surface area contributed by atoms with Crippen molar-refractivity contribution in [3.8, 4) is 11.1 Å². The van der Waals surface area contributed by atoms with Crippen molar-refractivity contribution in [2.45, 2.75) is 32.0 Å². The summed E-state index contributed by atoms with van der Waals surface area (Å²) in [5, 5.41) is 22.1. The van der Waals surface area contributed by atoms with Crippen molar-refractivity contribution in [1.82, 2.24) is 4.90 Å². The van der Waals surface area contributed by atoms with Crippen LogP contribution < -0.4 is 5.11 Å². The minimum absolute atomic E-state index is 0.0305. The molecule has 1 amide bonds. The van der Waals surface area contributed by atoms with Gasteiger partial charge in [-0.25, -0.2) is 0 Å².